The van der Waals surface area contributed by atoms with Crippen molar-refractivity contribution in [2.45, 2.75) is 31.6 Å². The molecule has 0 spiro atoms. The number of thiophene rings is 1. The molecule has 90 valence electrons. The van der Waals surface area contributed by atoms with Gasteiger partial charge in [-0.25, -0.2) is 0 Å². The molecule has 2 N–H and O–H groups in total. The lowest BCUT2D eigenvalue weighted by Gasteiger charge is -2.23. The summed E-state index contributed by atoms with van der Waals surface area (Å²) in [4.78, 5) is 1.17. The molecule has 0 aromatic carbocycles. The van der Waals surface area contributed by atoms with Gasteiger partial charge in [-0.2, -0.15) is 0 Å². The second-order valence-electron chi connectivity index (χ2n) is 4.07. The molecule has 0 aliphatic carbocycles. The van der Waals surface area contributed by atoms with Crippen molar-refractivity contribution >= 4 is 27.3 Å². The van der Waals surface area contributed by atoms with Crippen LogP contribution in [-0.4, -0.2) is 25.4 Å². The van der Waals surface area contributed by atoms with Crippen LogP contribution in [0.15, 0.2) is 15.9 Å². The third kappa shape index (κ3) is 3.05. The first-order valence-corrected chi connectivity index (χ1v) is 7.07. The molecule has 1 aromatic heterocycles. The maximum Gasteiger partial charge on any atom is 0.107 e. The second-order valence-corrected chi connectivity index (χ2v) is 5.93. The summed E-state index contributed by atoms with van der Waals surface area (Å²) in [5.74, 6) is 0. The fraction of sp³-hybridized carbons (Fsp3) is 0.636. The van der Waals surface area contributed by atoms with E-state index in [1.165, 1.54) is 4.88 Å². The zero-order valence-electron chi connectivity index (χ0n) is 9.19. The minimum atomic E-state index is -0.0250. The van der Waals surface area contributed by atoms with Crippen molar-refractivity contribution in [1.29, 1.82) is 0 Å². The Morgan fingerprint density at radius 1 is 1.69 bits per heavy atom. The van der Waals surface area contributed by atoms with Gasteiger partial charge in [0, 0.05) is 27.4 Å². The van der Waals surface area contributed by atoms with E-state index in [0.29, 0.717) is 6.61 Å². The van der Waals surface area contributed by atoms with E-state index in [4.69, 9.17) is 15.2 Å². The molecular weight excluding hydrogens is 290 g/mol. The Bertz CT molecular complexity index is 336. The third-order valence-electron chi connectivity index (χ3n) is 2.57. The van der Waals surface area contributed by atoms with Crippen molar-refractivity contribution in [3.05, 3.63) is 20.8 Å². The molecule has 0 bridgehead atoms. The summed E-state index contributed by atoms with van der Waals surface area (Å²) in [5, 5.41) is 2.05. The lowest BCUT2D eigenvalue weighted by molar-refractivity contribution is -0.0251. The van der Waals surface area contributed by atoms with Gasteiger partial charge in [-0.1, -0.05) is 0 Å². The van der Waals surface area contributed by atoms with Gasteiger partial charge in [-0.05, 0) is 35.3 Å². The highest BCUT2D eigenvalue weighted by molar-refractivity contribution is 9.10. The number of hydrogen-bond acceptors (Lipinski definition) is 4. The van der Waals surface area contributed by atoms with Crippen LogP contribution in [0.3, 0.4) is 0 Å². The van der Waals surface area contributed by atoms with Crippen molar-refractivity contribution in [3.63, 3.8) is 0 Å². The standard InChI is InChI=1S/C11H16BrNO2S/c1-7(13)11(10-4-8(12)6-16-10)15-9-2-3-14-5-9/h4,6-7,9,11H,2-3,5,13H2,1H3. The highest BCUT2D eigenvalue weighted by Crippen LogP contribution is 2.31. The van der Waals surface area contributed by atoms with Crippen molar-refractivity contribution < 1.29 is 9.47 Å². The molecule has 1 aromatic rings. The van der Waals surface area contributed by atoms with E-state index >= 15 is 0 Å². The Morgan fingerprint density at radius 3 is 3.00 bits per heavy atom. The fourth-order valence-corrected chi connectivity index (χ4v) is 3.35. The van der Waals surface area contributed by atoms with Gasteiger partial charge in [0.1, 0.15) is 6.10 Å². The van der Waals surface area contributed by atoms with Crippen LogP contribution in [0, 0.1) is 0 Å². The molecule has 5 heteroatoms. The van der Waals surface area contributed by atoms with Gasteiger partial charge in [-0.3, -0.25) is 0 Å². The van der Waals surface area contributed by atoms with Gasteiger partial charge in [-0.15, -0.1) is 11.3 Å². The molecule has 2 heterocycles. The summed E-state index contributed by atoms with van der Waals surface area (Å²) < 4.78 is 12.4. The zero-order valence-corrected chi connectivity index (χ0v) is 11.6. The first kappa shape index (κ1) is 12.5. The SMILES string of the molecule is CC(N)C(OC1CCOC1)c1cc(Br)cs1. The first-order valence-electron chi connectivity index (χ1n) is 5.39. The normalized spacial score (nSPS) is 24.6. The lowest BCUT2D eigenvalue weighted by atomic mass is 10.1. The summed E-state index contributed by atoms with van der Waals surface area (Å²) in [6.45, 7) is 3.47. The van der Waals surface area contributed by atoms with Gasteiger partial charge in [0.25, 0.3) is 0 Å². The van der Waals surface area contributed by atoms with Crippen LogP contribution in [0.1, 0.15) is 24.3 Å². The largest absolute Gasteiger partial charge is 0.379 e. The average Bonchev–Trinajstić information content (AvgIpc) is 2.84. The summed E-state index contributed by atoms with van der Waals surface area (Å²) in [5.41, 5.74) is 5.98. The number of nitrogens with two attached hydrogens (primary N) is 1. The number of rotatable bonds is 4. The Morgan fingerprint density at radius 2 is 2.50 bits per heavy atom. The molecular formula is C11H16BrNO2S. The van der Waals surface area contributed by atoms with Crippen molar-refractivity contribution in [3.8, 4) is 0 Å². The minimum Gasteiger partial charge on any atom is -0.379 e. The summed E-state index contributed by atoms with van der Waals surface area (Å²) in [7, 11) is 0. The number of halogens is 1. The van der Waals surface area contributed by atoms with E-state index in [2.05, 4.69) is 27.4 Å². The van der Waals surface area contributed by atoms with Gasteiger partial charge in [0.05, 0.1) is 12.7 Å². The molecule has 0 radical (unpaired) electrons. The van der Waals surface area contributed by atoms with Gasteiger partial charge < -0.3 is 15.2 Å². The van der Waals surface area contributed by atoms with Crippen LogP contribution in [-0.2, 0) is 9.47 Å². The van der Waals surface area contributed by atoms with E-state index in [9.17, 15) is 0 Å². The van der Waals surface area contributed by atoms with E-state index in [1.54, 1.807) is 11.3 Å². The quantitative estimate of drug-likeness (QED) is 0.930. The molecule has 0 amide bonds. The predicted octanol–water partition coefficient (Wildman–Crippen LogP) is 2.70. The third-order valence-corrected chi connectivity index (χ3v) is 4.33. The maximum absolute atomic E-state index is 6.01. The van der Waals surface area contributed by atoms with Crippen LogP contribution in [0.4, 0.5) is 0 Å². The van der Waals surface area contributed by atoms with E-state index in [-0.39, 0.29) is 18.2 Å². The molecule has 1 saturated heterocycles. The van der Waals surface area contributed by atoms with E-state index in [0.717, 1.165) is 17.5 Å². The van der Waals surface area contributed by atoms with Crippen molar-refractivity contribution in [2.75, 3.05) is 13.2 Å². The van der Waals surface area contributed by atoms with Crippen molar-refractivity contribution in [2.24, 2.45) is 5.73 Å². The highest BCUT2D eigenvalue weighted by Gasteiger charge is 2.25. The number of ether oxygens (including phenoxy) is 2. The van der Waals surface area contributed by atoms with Gasteiger partial charge in [0.2, 0.25) is 0 Å². The first-order chi connectivity index (χ1) is 7.66. The predicted molar refractivity (Wildman–Crippen MR) is 68.7 cm³/mol. The maximum atomic E-state index is 6.01. The topological polar surface area (TPSA) is 44.5 Å². The molecule has 1 aliphatic heterocycles. The van der Waals surface area contributed by atoms with Crippen LogP contribution < -0.4 is 5.73 Å². The lowest BCUT2D eigenvalue weighted by Crippen LogP contribution is -2.30. The second kappa shape index (κ2) is 5.60. The smallest absolute Gasteiger partial charge is 0.107 e. The molecule has 1 fully saturated rings. The molecule has 16 heavy (non-hydrogen) atoms. The van der Waals surface area contributed by atoms with Crippen LogP contribution in [0.2, 0.25) is 0 Å². The summed E-state index contributed by atoms with van der Waals surface area (Å²) in [6.07, 6.45) is 1.13. The van der Waals surface area contributed by atoms with Crippen LogP contribution in [0.5, 0.6) is 0 Å². The fourth-order valence-electron chi connectivity index (χ4n) is 1.76. The molecule has 3 unspecified atom stereocenters. The monoisotopic (exact) mass is 305 g/mol. The number of hydrogen-bond donors (Lipinski definition) is 1. The van der Waals surface area contributed by atoms with E-state index in [1.807, 2.05) is 6.92 Å². The Hall–Kier alpha value is 0.0600. The van der Waals surface area contributed by atoms with Crippen LogP contribution >= 0.6 is 27.3 Å². The molecule has 2 rings (SSSR count). The van der Waals surface area contributed by atoms with E-state index < -0.39 is 0 Å². The Balaban J connectivity index is 2.04. The minimum absolute atomic E-state index is 0.00819. The summed E-state index contributed by atoms with van der Waals surface area (Å²) >= 11 is 5.13. The van der Waals surface area contributed by atoms with Crippen LogP contribution in [0.25, 0.3) is 0 Å². The molecule has 1 aliphatic rings. The molecule has 3 atom stereocenters. The average molecular weight is 306 g/mol. The Kier molecular flexibility index (Phi) is 4.38. The van der Waals surface area contributed by atoms with Gasteiger partial charge >= 0.3 is 0 Å². The molecule has 0 saturated carbocycles. The zero-order chi connectivity index (χ0) is 11.5. The highest BCUT2D eigenvalue weighted by atomic mass is 79.9. The van der Waals surface area contributed by atoms with Crippen molar-refractivity contribution in [1.82, 2.24) is 0 Å². The molecule has 3 nitrogen and oxygen atoms in total. The van der Waals surface area contributed by atoms with Gasteiger partial charge in [0.15, 0.2) is 0 Å². The Labute approximate surface area is 108 Å². The summed E-state index contributed by atoms with van der Waals surface area (Å²) in [6, 6.07) is 2.07.